The van der Waals surface area contributed by atoms with Gasteiger partial charge in [-0.3, -0.25) is 9.59 Å². The molecule has 150 valence electrons. The van der Waals surface area contributed by atoms with E-state index in [0.29, 0.717) is 36.3 Å². The number of hydrogen-bond acceptors (Lipinski definition) is 3. The third-order valence-corrected chi connectivity index (χ3v) is 6.05. The monoisotopic (exact) mass is 411 g/mol. The fraction of sp³-hybridized carbons (Fsp3) is 0.273. The normalized spacial score (nSPS) is 14.0. The predicted molar refractivity (Wildman–Crippen MR) is 114 cm³/mol. The van der Waals surface area contributed by atoms with Crippen molar-refractivity contribution < 1.29 is 14.0 Å². The molecule has 1 fully saturated rings. The molecule has 0 unspecified atom stereocenters. The number of aromatic nitrogens is 1. The molecule has 2 heterocycles. The Morgan fingerprint density at radius 3 is 2.62 bits per heavy atom. The van der Waals surface area contributed by atoms with Gasteiger partial charge < -0.3 is 14.8 Å². The molecule has 1 aliphatic rings. The molecule has 5 nitrogen and oxygen atoms in total. The van der Waals surface area contributed by atoms with E-state index in [1.165, 1.54) is 12.1 Å². The Morgan fingerprint density at radius 2 is 1.97 bits per heavy atom. The third-order valence-electron chi connectivity index (χ3n) is 5.31. The molecular formula is C22H22FN3O2S. The van der Waals surface area contributed by atoms with Crippen molar-refractivity contribution in [3.05, 3.63) is 59.5 Å². The van der Waals surface area contributed by atoms with Crippen LogP contribution in [0.15, 0.2) is 47.4 Å². The second-order valence-electron chi connectivity index (χ2n) is 7.10. The highest BCUT2D eigenvalue weighted by Gasteiger charge is 2.31. The number of nitrogens with zero attached hydrogens (tertiary/aromatic N) is 2. The van der Waals surface area contributed by atoms with E-state index in [9.17, 15) is 14.0 Å². The van der Waals surface area contributed by atoms with E-state index in [1.807, 2.05) is 30.5 Å². The number of thioether (sulfide) groups is 1. The minimum atomic E-state index is -0.392. The molecule has 0 spiro atoms. The molecule has 0 atom stereocenters. The Labute approximate surface area is 172 Å². The molecule has 1 aromatic heterocycles. The Hall–Kier alpha value is -2.80. The van der Waals surface area contributed by atoms with Gasteiger partial charge in [-0.05, 0) is 48.6 Å². The lowest BCUT2D eigenvalue weighted by Crippen LogP contribution is -2.30. The van der Waals surface area contributed by atoms with Crippen LogP contribution in [0.5, 0.6) is 0 Å². The number of benzene rings is 2. The Morgan fingerprint density at radius 1 is 1.21 bits per heavy atom. The SMILES string of the molecule is CSc1ccc(CNC(=O)c2c(N3CCCC3=O)c3cc(F)ccc3n2C)cc1. The highest BCUT2D eigenvalue weighted by molar-refractivity contribution is 7.98. The maximum absolute atomic E-state index is 14.0. The van der Waals surface area contributed by atoms with E-state index in [4.69, 9.17) is 0 Å². The van der Waals surface area contributed by atoms with Crippen LogP contribution in [0.3, 0.4) is 0 Å². The van der Waals surface area contributed by atoms with Gasteiger partial charge in [0, 0.05) is 36.8 Å². The first-order chi connectivity index (χ1) is 14.0. The molecule has 0 saturated carbocycles. The molecule has 3 aromatic rings. The lowest BCUT2D eigenvalue weighted by molar-refractivity contribution is -0.117. The van der Waals surface area contributed by atoms with Crippen molar-refractivity contribution in [1.82, 2.24) is 9.88 Å². The molecule has 0 radical (unpaired) electrons. The molecule has 7 heteroatoms. The summed E-state index contributed by atoms with van der Waals surface area (Å²) in [4.78, 5) is 28.3. The van der Waals surface area contributed by atoms with Gasteiger partial charge in [-0.15, -0.1) is 11.8 Å². The average molecular weight is 412 g/mol. The number of amides is 2. The van der Waals surface area contributed by atoms with Crippen LogP contribution in [0.25, 0.3) is 10.9 Å². The van der Waals surface area contributed by atoms with Crippen molar-refractivity contribution in [2.75, 3.05) is 17.7 Å². The second kappa shape index (κ2) is 7.91. The fourth-order valence-corrected chi connectivity index (χ4v) is 4.23. The molecule has 1 aliphatic heterocycles. The minimum Gasteiger partial charge on any atom is -0.347 e. The minimum absolute atomic E-state index is 0.0385. The van der Waals surface area contributed by atoms with Crippen molar-refractivity contribution in [1.29, 1.82) is 0 Å². The van der Waals surface area contributed by atoms with Gasteiger partial charge in [-0.25, -0.2) is 4.39 Å². The number of anilines is 1. The van der Waals surface area contributed by atoms with Crippen LogP contribution in [0.2, 0.25) is 0 Å². The molecule has 29 heavy (non-hydrogen) atoms. The lowest BCUT2D eigenvalue weighted by Gasteiger charge is -2.18. The maximum Gasteiger partial charge on any atom is 0.270 e. The summed E-state index contributed by atoms with van der Waals surface area (Å²) in [5.74, 6) is -0.715. The molecule has 4 rings (SSSR count). The van der Waals surface area contributed by atoms with E-state index >= 15 is 0 Å². The molecule has 1 saturated heterocycles. The van der Waals surface area contributed by atoms with Crippen LogP contribution in [0.1, 0.15) is 28.9 Å². The van der Waals surface area contributed by atoms with Crippen molar-refractivity contribution in [3.8, 4) is 0 Å². The van der Waals surface area contributed by atoms with E-state index in [0.717, 1.165) is 22.4 Å². The number of carbonyl (C=O) groups is 2. The molecular weight excluding hydrogens is 389 g/mol. The first kappa shape index (κ1) is 19.5. The number of nitrogens with one attached hydrogen (secondary N) is 1. The fourth-order valence-electron chi connectivity index (χ4n) is 3.82. The van der Waals surface area contributed by atoms with Crippen LogP contribution < -0.4 is 10.2 Å². The number of fused-ring (bicyclic) bond motifs is 1. The maximum atomic E-state index is 14.0. The molecule has 0 aliphatic carbocycles. The number of halogens is 1. The van der Waals surface area contributed by atoms with Gasteiger partial charge in [-0.2, -0.15) is 0 Å². The Balaban J connectivity index is 1.70. The summed E-state index contributed by atoms with van der Waals surface area (Å²) in [6, 6.07) is 12.4. The van der Waals surface area contributed by atoms with Crippen molar-refractivity contribution in [2.24, 2.45) is 7.05 Å². The largest absolute Gasteiger partial charge is 0.347 e. The number of aryl methyl sites for hydroxylation is 1. The van der Waals surface area contributed by atoms with Gasteiger partial charge in [0.25, 0.3) is 5.91 Å². The zero-order valence-corrected chi connectivity index (χ0v) is 17.2. The molecule has 0 bridgehead atoms. The molecule has 2 aromatic carbocycles. The number of hydrogen-bond donors (Lipinski definition) is 1. The van der Waals surface area contributed by atoms with Crippen LogP contribution in [-0.2, 0) is 18.4 Å². The first-order valence-corrected chi connectivity index (χ1v) is 10.7. The highest BCUT2D eigenvalue weighted by Crippen LogP contribution is 2.36. The average Bonchev–Trinajstić information content (AvgIpc) is 3.26. The van der Waals surface area contributed by atoms with Gasteiger partial charge in [0.2, 0.25) is 5.91 Å². The zero-order chi connectivity index (χ0) is 20.5. The van der Waals surface area contributed by atoms with Crippen molar-refractivity contribution in [2.45, 2.75) is 24.3 Å². The van der Waals surface area contributed by atoms with Gasteiger partial charge in [0.1, 0.15) is 11.5 Å². The summed E-state index contributed by atoms with van der Waals surface area (Å²) in [5, 5.41) is 3.53. The Bertz CT molecular complexity index is 1090. The quantitative estimate of drug-likeness (QED) is 0.644. The zero-order valence-electron chi connectivity index (χ0n) is 16.4. The van der Waals surface area contributed by atoms with Gasteiger partial charge >= 0.3 is 0 Å². The van der Waals surface area contributed by atoms with Crippen LogP contribution >= 0.6 is 11.8 Å². The van der Waals surface area contributed by atoms with E-state index < -0.39 is 5.82 Å². The molecule has 1 N–H and O–H groups in total. The van der Waals surface area contributed by atoms with E-state index in [2.05, 4.69) is 5.32 Å². The smallest absolute Gasteiger partial charge is 0.270 e. The summed E-state index contributed by atoms with van der Waals surface area (Å²) >= 11 is 1.66. The first-order valence-electron chi connectivity index (χ1n) is 9.49. The highest BCUT2D eigenvalue weighted by atomic mass is 32.2. The second-order valence-corrected chi connectivity index (χ2v) is 7.98. The summed E-state index contributed by atoms with van der Waals surface area (Å²) in [6.07, 6.45) is 3.18. The third kappa shape index (κ3) is 3.62. The summed E-state index contributed by atoms with van der Waals surface area (Å²) in [5.41, 5.74) is 2.58. The van der Waals surface area contributed by atoms with Crippen molar-refractivity contribution in [3.63, 3.8) is 0 Å². The van der Waals surface area contributed by atoms with Crippen LogP contribution in [-0.4, -0.2) is 29.2 Å². The van der Waals surface area contributed by atoms with Crippen LogP contribution in [0, 0.1) is 5.82 Å². The number of carbonyl (C=O) groups excluding carboxylic acids is 2. The summed E-state index contributed by atoms with van der Waals surface area (Å²) < 4.78 is 15.7. The number of rotatable bonds is 5. The van der Waals surface area contributed by atoms with E-state index in [-0.39, 0.29) is 11.8 Å². The lowest BCUT2D eigenvalue weighted by atomic mass is 10.2. The summed E-state index contributed by atoms with van der Waals surface area (Å²) in [6.45, 7) is 0.904. The van der Waals surface area contributed by atoms with Crippen molar-refractivity contribution >= 4 is 40.2 Å². The van der Waals surface area contributed by atoms with Gasteiger partial charge in [-0.1, -0.05) is 12.1 Å². The van der Waals surface area contributed by atoms with Gasteiger partial charge in [0.05, 0.1) is 11.2 Å². The van der Waals surface area contributed by atoms with Gasteiger partial charge in [0.15, 0.2) is 0 Å². The topological polar surface area (TPSA) is 54.3 Å². The van der Waals surface area contributed by atoms with E-state index in [1.54, 1.807) is 34.3 Å². The van der Waals surface area contributed by atoms with Crippen LogP contribution in [0.4, 0.5) is 10.1 Å². The Kier molecular flexibility index (Phi) is 5.32. The summed E-state index contributed by atoms with van der Waals surface area (Å²) in [7, 11) is 1.77. The predicted octanol–water partition coefficient (Wildman–Crippen LogP) is 4.10. The standard InChI is InChI=1S/C22H22FN3O2S/c1-25-18-10-7-15(23)12-17(18)20(26-11-3-4-19(26)27)21(25)22(28)24-13-14-5-8-16(29-2)9-6-14/h5-10,12H,3-4,11,13H2,1-2H3,(H,24,28). The molecule has 2 amide bonds.